The fourth-order valence-corrected chi connectivity index (χ4v) is 1.96. The minimum Gasteiger partial charge on any atom is -0.387 e. The highest BCUT2D eigenvalue weighted by Crippen LogP contribution is 2.25. The Balaban J connectivity index is 2.36. The number of urea groups is 1. The Bertz CT molecular complexity index is 242. The summed E-state index contributed by atoms with van der Waals surface area (Å²) in [6.07, 6.45) is 3.79. The first-order chi connectivity index (χ1) is 7.15. The normalized spacial score (nSPS) is 24.9. The van der Waals surface area contributed by atoms with Gasteiger partial charge in [0.25, 0.3) is 0 Å². The van der Waals surface area contributed by atoms with Crippen molar-refractivity contribution >= 4 is 11.9 Å². The van der Waals surface area contributed by atoms with E-state index in [1.54, 1.807) is 0 Å². The lowest BCUT2D eigenvalue weighted by molar-refractivity contribution is 0.236. The Kier molecular flexibility index (Phi) is 4.39. The minimum atomic E-state index is -0.144. The highest BCUT2D eigenvalue weighted by Gasteiger charge is 2.30. The molecule has 2 unspecified atom stereocenters. The third kappa shape index (κ3) is 3.42. The highest BCUT2D eigenvalue weighted by atomic mass is 16.2. The molecule has 0 aromatic rings. The van der Waals surface area contributed by atoms with Gasteiger partial charge in [-0.1, -0.05) is 13.3 Å². The summed E-state index contributed by atoms with van der Waals surface area (Å²) in [6.45, 7) is 2.69. The van der Waals surface area contributed by atoms with Crippen LogP contribution in [0.15, 0.2) is 0 Å². The van der Waals surface area contributed by atoms with E-state index in [2.05, 4.69) is 10.6 Å². The Hall–Kier alpha value is -1.26. The summed E-state index contributed by atoms with van der Waals surface area (Å²) in [5.74, 6) is 0.214. The van der Waals surface area contributed by atoms with Gasteiger partial charge in [-0.05, 0) is 19.3 Å². The Morgan fingerprint density at radius 1 is 1.53 bits per heavy atom. The summed E-state index contributed by atoms with van der Waals surface area (Å²) in [6, 6.07) is -0.102. The first kappa shape index (κ1) is 11.8. The molecule has 2 amide bonds. The lowest BCUT2D eigenvalue weighted by atomic mass is 10.0. The van der Waals surface area contributed by atoms with Gasteiger partial charge in [-0.2, -0.15) is 0 Å². The van der Waals surface area contributed by atoms with Crippen LogP contribution in [0.25, 0.3) is 0 Å². The molecular formula is C10H20N4O. The second-order valence-corrected chi connectivity index (χ2v) is 4.00. The van der Waals surface area contributed by atoms with E-state index >= 15 is 0 Å². The highest BCUT2D eigenvalue weighted by molar-refractivity contribution is 5.82. The zero-order valence-corrected chi connectivity index (χ0v) is 9.18. The van der Waals surface area contributed by atoms with E-state index in [0.29, 0.717) is 6.54 Å². The van der Waals surface area contributed by atoms with Crippen molar-refractivity contribution < 1.29 is 4.79 Å². The first-order valence-corrected chi connectivity index (χ1v) is 5.53. The Labute approximate surface area is 90.3 Å². The second-order valence-electron chi connectivity index (χ2n) is 4.00. The lowest BCUT2D eigenvalue weighted by Crippen LogP contribution is -2.46. The van der Waals surface area contributed by atoms with E-state index in [4.69, 9.17) is 11.1 Å². The lowest BCUT2D eigenvalue weighted by Gasteiger charge is -2.19. The van der Waals surface area contributed by atoms with Crippen molar-refractivity contribution in [2.75, 3.05) is 6.54 Å². The molecule has 5 N–H and O–H groups in total. The molecule has 1 fully saturated rings. The van der Waals surface area contributed by atoms with E-state index < -0.39 is 0 Å². The van der Waals surface area contributed by atoms with Crippen LogP contribution in [0.5, 0.6) is 0 Å². The van der Waals surface area contributed by atoms with Crippen LogP contribution in [-0.2, 0) is 0 Å². The summed E-state index contributed by atoms with van der Waals surface area (Å²) in [7, 11) is 0. The second kappa shape index (κ2) is 5.58. The van der Waals surface area contributed by atoms with Crippen molar-refractivity contribution in [3.63, 3.8) is 0 Å². The number of rotatable bonds is 4. The summed E-state index contributed by atoms with van der Waals surface area (Å²) in [5, 5.41) is 13.0. The molecule has 0 aromatic carbocycles. The van der Waals surface area contributed by atoms with Crippen LogP contribution in [0.4, 0.5) is 4.79 Å². The molecule has 86 valence electrons. The van der Waals surface area contributed by atoms with Gasteiger partial charge in [0, 0.05) is 18.5 Å². The molecule has 15 heavy (non-hydrogen) atoms. The number of nitrogens with two attached hydrogens (primary N) is 1. The average Bonchev–Trinajstić information content (AvgIpc) is 2.62. The quantitative estimate of drug-likeness (QED) is 0.410. The third-order valence-electron chi connectivity index (χ3n) is 2.77. The van der Waals surface area contributed by atoms with Gasteiger partial charge in [0.1, 0.15) is 0 Å². The number of hydrogen-bond acceptors (Lipinski definition) is 2. The van der Waals surface area contributed by atoms with Gasteiger partial charge >= 0.3 is 6.03 Å². The summed E-state index contributed by atoms with van der Waals surface area (Å²) >= 11 is 0. The molecular weight excluding hydrogens is 192 g/mol. The van der Waals surface area contributed by atoms with E-state index in [0.717, 1.165) is 25.7 Å². The van der Waals surface area contributed by atoms with Crippen LogP contribution in [-0.4, -0.2) is 24.5 Å². The van der Waals surface area contributed by atoms with Crippen molar-refractivity contribution in [3.8, 4) is 0 Å². The molecule has 2 atom stereocenters. The molecule has 0 saturated heterocycles. The van der Waals surface area contributed by atoms with Gasteiger partial charge in [-0.15, -0.1) is 0 Å². The molecule has 0 spiro atoms. The Morgan fingerprint density at radius 3 is 2.87 bits per heavy atom. The zero-order chi connectivity index (χ0) is 11.3. The molecule has 0 aromatic heterocycles. The molecule has 1 saturated carbocycles. The summed E-state index contributed by atoms with van der Waals surface area (Å²) in [4.78, 5) is 11.4. The minimum absolute atomic E-state index is 0.0253. The molecule has 5 heteroatoms. The van der Waals surface area contributed by atoms with Gasteiger partial charge in [0.05, 0.1) is 5.84 Å². The smallest absolute Gasteiger partial charge is 0.315 e. The van der Waals surface area contributed by atoms with Crippen molar-refractivity contribution in [2.45, 2.75) is 38.6 Å². The molecule has 0 aliphatic heterocycles. The van der Waals surface area contributed by atoms with E-state index in [-0.39, 0.29) is 23.8 Å². The number of amidine groups is 1. The van der Waals surface area contributed by atoms with Crippen LogP contribution in [0.1, 0.15) is 32.6 Å². The summed E-state index contributed by atoms with van der Waals surface area (Å²) < 4.78 is 0. The largest absolute Gasteiger partial charge is 0.387 e. The van der Waals surface area contributed by atoms with Crippen LogP contribution >= 0.6 is 0 Å². The van der Waals surface area contributed by atoms with Crippen molar-refractivity contribution in [1.82, 2.24) is 10.6 Å². The monoisotopic (exact) mass is 212 g/mol. The molecule has 5 nitrogen and oxygen atoms in total. The van der Waals surface area contributed by atoms with Crippen LogP contribution in [0.2, 0.25) is 0 Å². The maximum absolute atomic E-state index is 11.4. The predicted molar refractivity (Wildman–Crippen MR) is 59.9 cm³/mol. The van der Waals surface area contributed by atoms with E-state index in [1.807, 2.05) is 6.92 Å². The average molecular weight is 212 g/mol. The maximum atomic E-state index is 11.4. The molecule has 1 aliphatic carbocycles. The molecule has 0 heterocycles. The topological polar surface area (TPSA) is 91.0 Å². The standard InChI is InChI=1S/C10H20N4O/c1-2-6-13-10(15)14-8-5-3-4-7(8)9(11)12/h7-8H,2-6H2,1H3,(H3,11,12)(H2,13,14,15). The van der Waals surface area contributed by atoms with Gasteiger partial charge in [0.15, 0.2) is 0 Å². The van der Waals surface area contributed by atoms with Gasteiger partial charge < -0.3 is 16.4 Å². The molecule has 1 rings (SSSR count). The fourth-order valence-electron chi connectivity index (χ4n) is 1.96. The number of amides is 2. The fraction of sp³-hybridized carbons (Fsp3) is 0.800. The van der Waals surface area contributed by atoms with Crippen LogP contribution in [0, 0.1) is 11.3 Å². The van der Waals surface area contributed by atoms with Gasteiger partial charge in [0.2, 0.25) is 0 Å². The maximum Gasteiger partial charge on any atom is 0.315 e. The number of carbonyl (C=O) groups is 1. The molecule has 1 aliphatic rings. The van der Waals surface area contributed by atoms with E-state index in [9.17, 15) is 4.79 Å². The van der Waals surface area contributed by atoms with Crippen LogP contribution in [0.3, 0.4) is 0 Å². The molecule has 0 bridgehead atoms. The number of nitrogens with one attached hydrogen (secondary N) is 3. The van der Waals surface area contributed by atoms with E-state index in [1.165, 1.54) is 0 Å². The zero-order valence-electron chi connectivity index (χ0n) is 9.18. The SMILES string of the molecule is CCCNC(=O)NC1CCCC1C(=N)N. The first-order valence-electron chi connectivity index (χ1n) is 5.53. The van der Waals surface area contributed by atoms with Gasteiger partial charge in [-0.25, -0.2) is 4.79 Å². The summed E-state index contributed by atoms with van der Waals surface area (Å²) in [5.41, 5.74) is 5.48. The van der Waals surface area contributed by atoms with Crippen LogP contribution < -0.4 is 16.4 Å². The molecule has 0 radical (unpaired) electrons. The number of hydrogen-bond donors (Lipinski definition) is 4. The predicted octanol–water partition coefficient (Wildman–Crippen LogP) is 0.800. The van der Waals surface area contributed by atoms with Crippen molar-refractivity contribution in [3.05, 3.63) is 0 Å². The number of carbonyl (C=O) groups excluding carboxylic acids is 1. The Morgan fingerprint density at radius 2 is 2.27 bits per heavy atom. The van der Waals surface area contributed by atoms with Gasteiger partial charge in [-0.3, -0.25) is 5.41 Å². The van der Waals surface area contributed by atoms with Crippen molar-refractivity contribution in [1.29, 1.82) is 5.41 Å². The van der Waals surface area contributed by atoms with Crippen molar-refractivity contribution in [2.24, 2.45) is 11.7 Å². The third-order valence-corrected chi connectivity index (χ3v) is 2.77.